The van der Waals surface area contributed by atoms with Crippen LogP contribution in [-0.4, -0.2) is 96.0 Å². The van der Waals surface area contributed by atoms with Crippen LogP contribution in [0.3, 0.4) is 0 Å². The Hall–Kier alpha value is -6.33. The molecule has 3 rings (SSSR count). The Labute approximate surface area is 333 Å². The van der Waals surface area contributed by atoms with Gasteiger partial charge in [-0.3, -0.25) is 38.4 Å². The second kappa shape index (κ2) is 21.3. The van der Waals surface area contributed by atoms with Crippen LogP contribution in [-0.2, 0) is 38.3 Å². The predicted octanol–water partition coefficient (Wildman–Crippen LogP) is 2.07. The van der Waals surface area contributed by atoms with E-state index in [-0.39, 0.29) is 5.69 Å². The summed E-state index contributed by atoms with van der Waals surface area (Å²) in [6, 6.07) is 6.37. The number of aromatic nitrogens is 1. The lowest BCUT2D eigenvalue weighted by Gasteiger charge is -2.28. The van der Waals surface area contributed by atoms with Crippen molar-refractivity contribution >= 4 is 58.0 Å². The molecule has 5 atom stereocenters. The molecule has 0 spiro atoms. The molecule has 0 aliphatic heterocycles. The first-order valence-corrected chi connectivity index (χ1v) is 18.4. The van der Waals surface area contributed by atoms with Crippen molar-refractivity contribution in [3.8, 4) is 5.75 Å². The number of ether oxygens (including phenoxy) is 2. The Bertz CT molecular complexity index is 2010. The minimum absolute atomic E-state index is 0.0555. The monoisotopic (exact) mass is 810 g/mol. The maximum absolute atomic E-state index is 14.0. The van der Waals surface area contributed by atoms with E-state index in [0.717, 1.165) is 30.7 Å². The zero-order valence-electron chi connectivity index (χ0n) is 33.1. The van der Waals surface area contributed by atoms with Crippen LogP contribution in [0.2, 0.25) is 0 Å². The molecule has 5 amide bonds. The van der Waals surface area contributed by atoms with E-state index >= 15 is 0 Å². The molecule has 0 saturated heterocycles. The van der Waals surface area contributed by atoms with Gasteiger partial charge < -0.3 is 36.1 Å². The summed E-state index contributed by atoms with van der Waals surface area (Å²) in [4.78, 5) is 108. The van der Waals surface area contributed by atoms with Crippen LogP contribution < -0.4 is 31.3 Å². The molecule has 1 unspecified atom stereocenters. The highest BCUT2D eigenvalue weighted by atomic mass is 19.1. The van der Waals surface area contributed by atoms with Gasteiger partial charge in [-0.15, -0.1) is 0 Å². The number of hydrogen-bond donors (Lipinski definition) is 5. The molecule has 0 fully saturated rings. The summed E-state index contributed by atoms with van der Waals surface area (Å²) in [5.41, 5.74) is 0.623. The number of ketones is 2. The molecule has 1 aromatic heterocycles. The van der Waals surface area contributed by atoms with E-state index in [1.165, 1.54) is 19.9 Å². The average Bonchev–Trinajstić information content (AvgIpc) is 3.16. The number of methoxy groups -OCH3 is 1. The quantitative estimate of drug-likeness (QED) is 0.104. The second-order valence-corrected chi connectivity index (χ2v) is 14.2. The SMILES string of the molecule is COC(=O)CC(NC(=O)[C@H](C)NC(=O)[C@@H](NC(=O)[C@H](CC(C)=O)NC(=O)[C@@H](NC(=O)c1ccc2ccccc2n1)C(C)C)C(C)C)C(=O)COc1c(F)cccc1F. The van der Waals surface area contributed by atoms with E-state index in [1.54, 1.807) is 45.9 Å². The summed E-state index contributed by atoms with van der Waals surface area (Å²) in [5.74, 6) is -10.6. The van der Waals surface area contributed by atoms with Crippen molar-refractivity contribution in [2.24, 2.45) is 11.8 Å². The molecule has 58 heavy (non-hydrogen) atoms. The number of carbonyl (C=O) groups is 8. The summed E-state index contributed by atoms with van der Waals surface area (Å²) < 4.78 is 37.6. The number of pyridine rings is 1. The van der Waals surface area contributed by atoms with Crippen LogP contribution in [0.25, 0.3) is 10.9 Å². The van der Waals surface area contributed by atoms with Crippen molar-refractivity contribution in [2.45, 2.75) is 84.6 Å². The smallest absolute Gasteiger partial charge is 0.308 e. The average molecular weight is 811 g/mol. The minimum Gasteiger partial charge on any atom is -0.480 e. The minimum atomic E-state index is -1.59. The highest BCUT2D eigenvalue weighted by Gasteiger charge is 2.34. The van der Waals surface area contributed by atoms with Gasteiger partial charge >= 0.3 is 5.97 Å². The van der Waals surface area contributed by atoms with Crippen molar-refractivity contribution in [3.05, 3.63) is 71.9 Å². The number of para-hydroxylation sites is 2. The number of benzene rings is 2. The van der Waals surface area contributed by atoms with Crippen molar-refractivity contribution < 1.29 is 56.6 Å². The Morgan fingerprint density at radius 3 is 1.84 bits per heavy atom. The molecule has 0 aliphatic rings. The molecule has 1 heterocycles. The number of nitrogens with one attached hydrogen (secondary N) is 5. The van der Waals surface area contributed by atoms with Crippen molar-refractivity contribution in [2.75, 3.05) is 13.7 Å². The van der Waals surface area contributed by atoms with E-state index in [4.69, 9.17) is 4.74 Å². The van der Waals surface area contributed by atoms with Crippen molar-refractivity contribution in [1.82, 2.24) is 31.6 Å². The molecule has 0 aliphatic carbocycles. The van der Waals surface area contributed by atoms with Gasteiger partial charge in [-0.05, 0) is 49.9 Å². The maximum Gasteiger partial charge on any atom is 0.308 e. The van der Waals surface area contributed by atoms with Gasteiger partial charge in [0.15, 0.2) is 23.2 Å². The number of fused-ring (bicyclic) bond motifs is 1. The second-order valence-electron chi connectivity index (χ2n) is 14.2. The molecule has 0 bridgehead atoms. The fourth-order valence-electron chi connectivity index (χ4n) is 5.51. The van der Waals surface area contributed by atoms with E-state index in [1.807, 2.05) is 12.1 Å². The lowest BCUT2D eigenvalue weighted by molar-refractivity contribution is -0.144. The largest absolute Gasteiger partial charge is 0.480 e. The summed E-state index contributed by atoms with van der Waals surface area (Å²) >= 11 is 0. The van der Waals surface area contributed by atoms with Gasteiger partial charge in [0.25, 0.3) is 5.91 Å². The summed E-state index contributed by atoms with van der Waals surface area (Å²) in [6.07, 6.45) is -1.14. The lowest BCUT2D eigenvalue weighted by Crippen LogP contribution is -2.60. The number of Topliss-reactive ketones (excluding diaryl/α,β-unsaturated/α-hetero) is 2. The molecule has 0 saturated carbocycles. The first-order valence-electron chi connectivity index (χ1n) is 18.4. The molecular formula is C40H48F2N6O10. The number of esters is 1. The number of carbonyl (C=O) groups excluding carboxylic acids is 8. The van der Waals surface area contributed by atoms with Crippen LogP contribution in [0, 0.1) is 23.5 Å². The predicted molar refractivity (Wildman–Crippen MR) is 205 cm³/mol. The Kier molecular flexibility index (Phi) is 16.9. The maximum atomic E-state index is 14.0. The molecule has 312 valence electrons. The van der Waals surface area contributed by atoms with E-state index in [2.05, 4.69) is 36.3 Å². The number of nitrogens with zero attached hydrogens (tertiary/aromatic N) is 1. The number of halogens is 2. The van der Waals surface area contributed by atoms with Gasteiger partial charge in [-0.2, -0.15) is 0 Å². The zero-order chi connectivity index (χ0) is 43.3. The molecule has 18 heteroatoms. The van der Waals surface area contributed by atoms with Gasteiger partial charge in [0.05, 0.1) is 19.0 Å². The topological polar surface area (TPSA) is 228 Å². The van der Waals surface area contributed by atoms with Gasteiger partial charge in [0.2, 0.25) is 23.6 Å². The molecule has 0 radical (unpaired) electrons. The number of rotatable bonds is 20. The lowest BCUT2D eigenvalue weighted by atomic mass is 10.00. The third-order valence-electron chi connectivity index (χ3n) is 8.77. The Morgan fingerprint density at radius 2 is 1.24 bits per heavy atom. The zero-order valence-corrected chi connectivity index (χ0v) is 33.1. The summed E-state index contributed by atoms with van der Waals surface area (Å²) in [6.45, 7) is 8.03. The fraction of sp³-hybridized carbons (Fsp3) is 0.425. The number of hydrogen-bond acceptors (Lipinski definition) is 11. The van der Waals surface area contributed by atoms with Gasteiger partial charge in [-0.1, -0.05) is 58.0 Å². The Balaban J connectivity index is 1.69. The molecule has 16 nitrogen and oxygen atoms in total. The molecule has 2 aromatic carbocycles. The van der Waals surface area contributed by atoms with Crippen LogP contribution >= 0.6 is 0 Å². The number of amides is 5. The third-order valence-corrected chi connectivity index (χ3v) is 8.77. The third kappa shape index (κ3) is 13.1. The van der Waals surface area contributed by atoms with Crippen molar-refractivity contribution in [1.29, 1.82) is 0 Å². The summed E-state index contributed by atoms with van der Waals surface area (Å²) in [5, 5.41) is 13.2. The van der Waals surface area contributed by atoms with Gasteiger partial charge in [0.1, 0.15) is 48.3 Å². The molecule has 3 aromatic rings. The normalized spacial score (nSPS) is 13.6. The standard InChI is InChI=1S/C40H48F2N6O10/c1-20(2)33(39(55)43-23(6)36(52)45-29(18-32(51)57-7)31(50)19-58-35-25(41)12-10-13-26(35)42)48-38(54)30(17-22(5)49)46-40(56)34(21(3)4)47-37(53)28-16-15-24-11-8-9-14-27(24)44-28/h8-16,20-21,23,29-30,33-34H,17-19H2,1-7H3,(H,43,55)(H,45,52)(H,46,56)(H,47,53)(H,48,54)/t23-,29?,30-,33-,34-/m0/s1. The highest BCUT2D eigenvalue weighted by Crippen LogP contribution is 2.21. The molecular weight excluding hydrogens is 762 g/mol. The van der Waals surface area contributed by atoms with Crippen LogP contribution in [0.15, 0.2) is 54.6 Å². The van der Waals surface area contributed by atoms with Gasteiger partial charge in [-0.25, -0.2) is 13.8 Å². The fourth-order valence-corrected chi connectivity index (χ4v) is 5.51. The van der Waals surface area contributed by atoms with Crippen LogP contribution in [0.5, 0.6) is 5.75 Å². The van der Waals surface area contributed by atoms with Crippen LogP contribution in [0.1, 0.15) is 64.9 Å². The van der Waals surface area contributed by atoms with E-state index in [9.17, 15) is 47.1 Å². The van der Waals surface area contributed by atoms with E-state index < -0.39 is 126 Å². The first-order chi connectivity index (χ1) is 27.3. The first kappa shape index (κ1) is 46.1. The van der Waals surface area contributed by atoms with Gasteiger partial charge in [0, 0.05) is 11.8 Å². The highest BCUT2D eigenvalue weighted by molar-refractivity contribution is 6.00. The van der Waals surface area contributed by atoms with E-state index in [0.29, 0.717) is 5.52 Å². The summed E-state index contributed by atoms with van der Waals surface area (Å²) in [7, 11) is 1.04. The van der Waals surface area contributed by atoms with Crippen LogP contribution in [0.4, 0.5) is 8.78 Å². The Morgan fingerprint density at radius 1 is 0.655 bits per heavy atom. The van der Waals surface area contributed by atoms with Crippen molar-refractivity contribution in [3.63, 3.8) is 0 Å². The molecule has 5 N–H and O–H groups in total.